The summed E-state index contributed by atoms with van der Waals surface area (Å²) < 4.78 is 1.06. The number of aryl methyl sites for hydroxylation is 1. The van der Waals surface area contributed by atoms with Gasteiger partial charge in [-0.2, -0.15) is 0 Å². The molecule has 0 fully saturated rings. The Morgan fingerprint density at radius 1 is 1.30 bits per heavy atom. The summed E-state index contributed by atoms with van der Waals surface area (Å²) in [5.41, 5.74) is 2.23. The maximum atomic E-state index is 11.7. The van der Waals surface area contributed by atoms with Crippen molar-refractivity contribution in [2.45, 2.75) is 13.3 Å². The molecule has 0 saturated heterocycles. The molecule has 1 heterocycles. The van der Waals surface area contributed by atoms with Gasteiger partial charge in [0.2, 0.25) is 0 Å². The first kappa shape index (κ1) is 14.5. The Labute approximate surface area is 126 Å². The highest BCUT2D eigenvalue weighted by atomic mass is 79.9. The summed E-state index contributed by atoms with van der Waals surface area (Å²) in [5.74, 6) is 0.559. The predicted molar refractivity (Wildman–Crippen MR) is 83.8 cm³/mol. The molecule has 5 heteroatoms. The molecule has 4 nitrogen and oxygen atoms in total. The van der Waals surface area contributed by atoms with Gasteiger partial charge in [-0.05, 0) is 42.7 Å². The topological polar surface area (TPSA) is 54.0 Å². The van der Waals surface area contributed by atoms with Crippen molar-refractivity contribution in [3.8, 4) is 0 Å². The van der Waals surface area contributed by atoms with E-state index in [9.17, 15) is 4.79 Å². The van der Waals surface area contributed by atoms with Crippen LogP contribution >= 0.6 is 15.9 Å². The highest BCUT2D eigenvalue weighted by Gasteiger charge is 2.03. The van der Waals surface area contributed by atoms with Crippen LogP contribution in [0, 0.1) is 6.92 Å². The number of pyridine rings is 1. The lowest BCUT2D eigenvalue weighted by Gasteiger charge is -2.08. The standard InChI is InChI=1S/C15H16BrN3O/c1-11-6-8-17-14(10-11)19-15(20)18-9-7-12-4-2-3-5-13(12)16/h2-6,8,10H,7,9H2,1H3,(H2,17,18,19,20). The number of rotatable bonds is 4. The summed E-state index contributed by atoms with van der Waals surface area (Å²) >= 11 is 3.49. The number of anilines is 1. The van der Waals surface area contributed by atoms with Crippen molar-refractivity contribution in [3.05, 3.63) is 58.2 Å². The van der Waals surface area contributed by atoms with E-state index in [2.05, 4.69) is 31.5 Å². The van der Waals surface area contributed by atoms with Crippen molar-refractivity contribution < 1.29 is 4.79 Å². The third-order valence-electron chi connectivity index (χ3n) is 2.79. The molecule has 2 aromatic rings. The lowest BCUT2D eigenvalue weighted by atomic mass is 10.1. The first-order valence-corrected chi connectivity index (χ1v) is 7.15. The number of urea groups is 1. The Kier molecular flexibility index (Phi) is 5.12. The van der Waals surface area contributed by atoms with E-state index in [1.807, 2.05) is 43.3 Å². The first-order chi connectivity index (χ1) is 9.65. The summed E-state index contributed by atoms with van der Waals surface area (Å²) in [6.45, 7) is 2.53. The van der Waals surface area contributed by atoms with Crippen LogP contribution < -0.4 is 10.6 Å². The number of hydrogen-bond acceptors (Lipinski definition) is 2. The van der Waals surface area contributed by atoms with E-state index < -0.39 is 0 Å². The molecule has 0 spiro atoms. The van der Waals surface area contributed by atoms with Gasteiger partial charge in [0.1, 0.15) is 5.82 Å². The monoisotopic (exact) mass is 333 g/mol. The minimum Gasteiger partial charge on any atom is -0.337 e. The van der Waals surface area contributed by atoms with Gasteiger partial charge in [0.25, 0.3) is 0 Å². The molecular weight excluding hydrogens is 318 g/mol. The molecule has 2 N–H and O–H groups in total. The van der Waals surface area contributed by atoms with Crippen molar-refractivity contribution in [2.24, 2.45) is 0 Å². The van der Waals surface area contributed by atoms with E-state index >= 15 is 0 Å². The second-order valence-corrected chi connectivity index (χ2v) is 5.30. The van der Waals surface area contributed by atoms with Gasteiger partial charge in [0.15, 0.2) is 0 Å². The van der Waals surface area contributed by atoms with E-state index in [1.54, 1.807) is 6.20 Å². The molecule has 1 aromatic carbocycles. The van der Waals surface area contributed by atoms with Gasteiger partial charge >= 0.3 is 6.03 Å². The van der Waals surface area contributed by atoms with Crippen LogP contribution in [0.25, 0.3) is 0 Å². The molecule has 1 aromatic heterocycles. The number of benzene rings is 1. The zero-order valence-corrected chi connectivity index (χ0v) is 12.8. The molecule has 0 aliphatic carbocycles. The molecule has 2 rings (SSSR count). The molecule has 0 radical (unpaired) electrons. The van der Waals surface area contributed by atoms with E-state index in [4.69, 9.17) is 0 Å². The number of hydrogen-bond donors (Lipinski definition) is 2. The van der Waals surface area contributed by atoms with Gasteiger partial charge in [-0.25, -0.2) is 9.78 Å². The van der Waals surface area contributed by atoms with Gasteiger partial charge in [-0.1, -0.05) is 34.1 Å². The van der Waals surface area contributed by atoms with Gasteiger partial charge < -0.3 is 5.32 Å². The van der Waals surface area contributed by atoms with Crippen LogP contribution in [0.3, 0.4) is 0 Å². The smallest absolute Gasteiger partial charge is 0.320 e. The third kappa shape index (κ3) is 4.35. The van der Waals surface area contributed by atoms with Crippen molar-refractivity contribution in [1.29, 1.82) is 0 Å². The number of halogens is 1. The van der Waals surface area contributed by atoms with E-state index in [0.29, 0.717) is 12.4 Å². The minimum atomic E-state index is -0.241. The summed E-state index contributed by atoms with van der Waals surface area (Å²) in [6.07, 6.45) is 2.45. The van der Waals surface area contributed by atoms with Crippen molar-refractivity contribution in [3.63, 3.8) is 0 Å². The Bertz CT molecular complexity index is 601. The van der Waals surface area contributed by atoms with Crippen LogP contribution in [0.15, 0.2) is 47.1 Å². The number of nitrogens with one attached hydrogen (secondary N) is 2. The Morgan fingerprint density at radius 3 is 2.85 bits per heavy atom. The maximum absolute atomic E-state index is 11.7. The summed E-state index contributed by atoms with van der Waals surface area (Å²) in [7, 11) is 0. The first-order valence-electron chi connectivity index (χ1n) is 6.36. The summed E-state index contributed by atoms with van der Waals surface area (Å²) in [4.78, 5) is 15.8. The second kappa shape index (κ2) is 7.05. The minimum absolute atomic E-state index is 0.241. The SMILES string of the molecule is Cc1ccnc(NC(=O)NCCc2ccccc2Br)c1. The molecule has 104 valence electrons. The molecule has 0 aliphatic heterocycles. The Balaban J connectivity index is 1.80. The van der Waals surface area contributed by atoms with Crippen LogP contribution in [-0.4, -0.2) is 17.6 Å². The fraction of sp³-hybridized carbons (Fsp3) is 0.200. The Hall–Kier alpha value is -1.88. The van der Waals surface area contributed by atoms with E-state index in [0.717, 1.165) is 16.5 Å². The zero-order chi connectivity index (χ0) is 14.4. The maximum Gasteiger partial charge on any atom is 0.320 e. The largest absolute Gasteiger partial charge is 0.337 e. The molecular formula is C15H16BrN3O. The molecule has 0 aliphatic rings. The molecule has 20 heavy (non-hydrogen) atoms. The Morgan fingerprint density at radius 2 is 2.10 bits per heavy atom. The van der Waals surface area contributed by atoms with Gasteiger partial charge in [0, 0.05) is 17.2 Å². The van der Waals surface area contributed by atoms with Gasteiger partial charge in [-0.3, -0.25) is 5.32 Å². The van der Waals surface area contributed by atoms with Crippen LogP contribution in [0.5, 0.6) is 0 Å². The van der Waals surface area contributed by atoms with Crippen LogP contribution in [-0.2, 0) is 6.42 Å². The quantitative estimate of drug-likeness (QED) is 0.899. The number of carbonyl (C=O) groups excluding carboxylic acids is 1. The normalized spacial score (nSPS) is 10.1. The third-order valence-corrected chi connectivity index (χ3v) is 3.57. The number of aromatic nitrogens is 1. The molecule has 0 unspecified atom stereocenters. The second-order valence-electron chi connectivity index (χ2n) is 4.44. The lowest BCUT2D eigenvalue weighted by molar-refractivity contribution is 0.252. The highest BCUT2D eigenvalue weighted by Crippen LogP contribution is 2.15. The van der Waals surface area contributed by atoms with E-state index in [-0.39, 0.29) is 6.03 Å². The fourth-order valence-corrected chi connectivity index (χ4v) is 2.26. The van der Waals surface area contributed by atoms with Crippen molar-refractivity contribution in [1.82, 2.24) is 10.3 Å². The molecule has 0 bridgehead atoms. The van der Waals surface area contributed by atoms with Crippen LogP contribution in [0.4, 0.5) is 10.6 Å². The summed E-state index contributed by atoms with van der Waals surface area (Å²) in [6, 6.07) is 11.4. The predicted octanol–water partition coefficient (Wildman–Crippen LogP) is 3.52. The lowest BCUT2D eigenvalue weighted by Crippen LogP contribution is -2.30. The van der Waals surface area contributed by atoms with E-state index in [1.165, 1.54) is 5.56 Å². The average molecular weight is 334 g/mol. The average Bonchev–Trinajstić information content (AvgIpc) is 2.41. The zero-order valence-electron chi connectivity index (χ0n) is 11.2. The van der Waals surface area contributed by atoms with Crippen LogP contribution in [0.2, 0.25) is 0 Å². The van der Waals surface area contributed by atoms with Crippen molar-refractivity contribution >= 4 is 27.8 Å². The number of nitrogens with zero attached hydrogens (tertiary/aromatic N) is 1. The summed E-state index contributed by atoms with van der Waals surface area (Å²) in [5, 5.41) is 5.53. The molecule has 2 amide bonds. The van der Waals surface area contributed by atoms with Crippen LogP contribution in [0.1, 0.15) is 11.1 Å². The molecule has 0 saturated carbocycles. The molecule has 0 atom stereocenters. The van der Waals surface area contributed by atoms with Gasteiger partial charge in [-0.15, -0.1) is 0 Å². The van der Waals surface area contributed by atoms with Gasteiger partial charge in [0.05, 0.1) is 0 Å². The fourth-order valence-electron chi connectivity index (χ4n) is 1.78. The number of carbonyl (C=O) groups is 1. The van der Waals surface area contributed by atoms with Crippen molar-refractivity contribution in [2.75, 3.05) is 11.9 Å². The number of amides is 2. The highest BCUT2D eigenvalue weighted by molar-refractivity contribution is 9.10.